The highest BCUT2D eigenvalue weighted by molar-refractivity contribution is 8.45. The number of halogens is 5. The molecular weight excluding hydrogens is 465 g/mol. The zero-order valence-electron chi connectivity index (χ0n) is 18.6. The minimum Gasteiger partial charge on any atom is -0.489 e. The summed E-state index contributed by atoms with van der Waals surface area (Å²) in [5.41, 5.74) is 2.13. The van der Waals surface area contributed by atoms with Gasteiger partial charge in [-0.3, -0.25) is 4.79 Å². The van der Waals surface area contributed by atoms with Crippen molar-refractivity contribution in [1.82, 2.24) is 0 Å². The third-order valence-corrected chi connectivity index (χ3v) is 5.35. The highest BCUT2D eigenvalue weighted by atomic mass is 32.5. The number of nitrogens with one attached hydrogen (secondary N) is 1. The molecule has 33 heavy (non-hydrogen) atoms. The summed E-state index contributed by atoms with van der Waals surface area (Å²) >= 11 is 0. The van der Waals surface area contributed by atoms with Gasteiger partial charge in [0.2, 0.25) is 0 Å². The average molecular weight is 492 g/mol. The maximum Gasteiger partial charge on any atom is 0.310 e. The first-order valence-corrected chi connectivity index (χ1v) is 11.8. The van der Waals surface area contributed by atoms with Gasteiger partial charge in [0.1, 0.15) is 29.6 Å². The lowest BCUT2D eigenvalue weighted by atomic mass is 10.1. The molecule has 0 spiro atoms. The summed E-state index contributed by atoms with van der Waals surface area (Å²) in [6.07, 6.45) is 3.69. The molecule has 0 saturated carbocycles. The summed E-state index contributed by atoms with van der Waals surface area (Å²) in [5, 5.41) is 2.39. The quantitative estimate of drug-likeness (QED) is 0.284. The standard InChI is InChI=1S/C23H26F5NO3S/c1-16(2)9-11-31-20-13-18(14-21(15-20)32-12-10-17(3)4)23(30)29-19-5-7-22(8-6-19)33(24,25,26,27)28/h5-10,13-15H,11-12H2,1-4H3,(H,29,30). The number of benzene rings is 2. The second-order valence-electron chi connectivity index (χ2n) is 7.83. The van der Waals surface area contributed by atoms with Crippen molar-refractivity contribution < 1.29 is 33.7 Å². The topological polar surface area (TPSA) is 47.6 Å². The van der Waals surface area contributed by atoms with Gasteiger partial charge in [-0.05, 0) is 76.2 Å². The minimum atomic E-state index is -9.78. The van der Waals surface area contributed by atoms with Crippen LogP contribution in [0.2, 0.25) is 0 Å². The molecule has 182 valence electrons. The molecule has 2 aromatic carbocycles. The molecule has 0 aromatic heterocycles. The summed E-state index contributed by atoms with van der Waals surface area (Å²) in [6.45, 7) is 8.14. The van der Waals surface area contributed by atoms with Crippen LogP contribution in [0.15, 0.2) is 70.7 Å². The number of hydrogen-bond donors (Lipinski definition) is 1. The van der Waals surface area contributed by atoms with Crippen molar-refractivity contribution in [2.75, 3.05) is 18.5 Å². The molecule has 0 atom stereocenters. The summed E-state index contributed by atoms with van der Waals surface area (Å²) in [7, 11) is -9.78. The zero-order valence-corrected chi connectivity index (χ0v) is 19.4. The second-order valence-corrected chi connectivity index (χ2v) is 10.2. The zero-order chi connectivity index (χ0) is 24.9. The number of allylic oxidation sites excluding steroid dienone is 2. The van der Waals surface area contributed by atoms with E-state index in [0.29, 0.717) is 11.5 Å². The van der Waals surface area contributed by atoms with Crippen molar-refractivity contribution in [2.45, 2.75) is 32.6 Å². The maximum absolute atomic E-state index is 12.9. The Labute approximate surface area is 189 Å². The first kappa shape index (κ1) is 26.2. The molecule has 0 aliphatic heterocycles. The predicted octanol–water partition coefficient (Wildman–Crippen LogP) is 8.29. The van der Waals surface area contributed by atoms with Gasteiger partial charge in [-0.1, -0.05) is 30.6 Å². The number of anilines is 1. The number of rotatable bonds is 9. The number of ether oxygens (including phenoxy) is 2. The molecule has 0 radical (unpaired) electrons. The Morgan fingerprint density at radius 2 is 1.27 bits per heavy atom. The molecule has 2 aromatic rings. The van der Waals surface area contributed by atoms with Crippen LogP contribution < -0.4 is 14.8 Å². The van der Waals surface area contributed by atoms with Crippen LogP contribution >= 0.6 is 10.2 Å². The monoisotopic (exact) mass is 491 g/mol. The molecule has 0 aliphatic carbocycles. The van der Waals surface area contributed by atoms with E-state index in [1.807, 2.05) is 39.8 Å². The molecule has 0 aliphatic rings. The van der Waals surface area contributed by atoms with Crippen LogP contribution in [-0.2, 0) is 0 Å². The van der Waals surface area contributed by atoms with Gasteiger partial charge in [-0.25, -0.2) is 0 Å². The Bertz CT molecular complexity index is 1030. The Balaban J connectivity index is 2.26. The SMILES string of the molecule is CC(C)=CCOc1cc(OCC=C(C)C)cc(C(=O)Nc2ccc(S(F)(F)(F)(F)F)cc2)c1. The van der Waals surface area contributed by atoms with Crippen LogP contribution in [0.25, 0.3) is 0 Å². The summed E-state index contributed by atoms with van der Waals surface area (Å²) in [5.74, 6) is 0.0297. The summed E-state index contributed by atoms with van der Waals surface area (Å²) in [6, 6.07) is 6.53. The van der Waals surface area contributed by atoms with E-state index < -0.39 is 21.0 Å². The average Bonchev–Trinajstić information content (AvgIpc) is 2.66. The number of amides is 1. The molecule has 0 bridgehead atoms. The normalized spacial score (nSPS) is 13.2. The van der Waals surface area contributed by atoms with E-state index in [2.05, 4.69) is 5.32 Å². The minimum absolute atomic E-state index is 0.0755. The lowest BCUT2D eigenvalue weighted by Gasteiger charge is -2.40. The van der Waals surface area contributed by atoms with Crippen molar-refractivity contribution in [3.05, 3.63) is 71.3 Å². The molecule has 0 fully saturated rings. The van der Waals surface area contributed by atoms with Gasteiger partial charge in [0.15, 0.2) is 0 Å². The number of hydrogen-bond acceptors (Lipinski definition) is 3. The highest BCUT2D eigenvalue weighted by Crippen LogP contribution is 3.02. The van der Waals surface area contributed by atoms with Gasteiger partial charge in [-0.15, -0.1) is 0 Å². The van der Waals surface area contributed by atoms with E-state index in [4.69, 9.17) is 9.47 Å². The van der Waals surface area contributed by atoms with Crippen LogP contribution in [0, 0.1) is 0 Å². The van der Waals surface area contributed by atoms with Crippen molar-refractivity contribution in [2.24, 2.45) is 0 Å². The van der Waals surface area contributed by atoms with Gasteiger partial charge < -0.3 is 14.8 Å². The van der Waals surface area contributed by atoms with Gasteiger partial charge in [0.05, 0.1) is 0 Å². The van der Waals surface area contributed by atoms with Crippen LogP contribution in [0.3, 0.4) is 0 Å². The molecule has 0 heterocycles. The molecular formula is C23H26F5NO3S. The number of carbonyl (C=O) groups excluding carboxylic acids is 1. The van der Waals surface area contributed by atoms with E-state index in [1.165, 1.54) is 12.1 Å². The van der Waals surface area contributed by atoms with Crippen LogP contribution in [0.5, 0.6) is 11.5 Å². The van der Waals surface area contributed by atoms with Crippen LogP contribution in [0.1, 0.15) is 38.1 Å². The van der Waals surface area contributed by atoms with Gasteiger partial charge in [0.25, 0.3) is 5.91 Å². The summed E-state index contributed by atoms with van der Waals surface area (Å²) < 4.78 is 75.7. The van der Waals surface area contributed by atoms with Crippen molar-refractivity contribution >= 4 is 21.8 Å². The smallest absolute Gasteiger partial charge is 0.310 e. The van der Waals surface area contributed by atoms with Crippen LogP contribution in [-0.4, -0.2) is 19.1 Å². The Hall–Kier alpha value is -3.01. The summed E-state index contributed by atoms with van der Waals surface area (Å²) in [4.78, 5) is 10.7. The fourth-order valence-electron chi connectivity index (χ4n) is 2.48. The van der Waals surface area contributed by atoms with Gasteiger partial charge in [0, 0.05) is 17.3 Å². The van der Waals surface area contributed by atoms with Crippen molar-refractivity contribution in [3.63, 3.8) is 0 Å². The molecule has 4 nitrogen and oxygen atoms in total. The second kappa shape index (κ2) is 9.09. The van der Waals surface area contributed by atoms with Crippen molar-refractivity contribution in [3.8, 4) is 11.5 Å². The molecule has 2 rings (SSSR count). The van der Waals surface area contributed by atoms with Gasteiger partial charge >= 0.3 is 10.2 Å². The molecule has 10 heteroatoms. The largest absolute Gasteiger partial charge is 0.489 e. The first-order valence-electron chi connectivity index (χ1n) is 9.86. The lowest BCUT2D eigenvalue weighted by molar-refractivity contribution is 0.102. The van der Waals surface area contributed by atoms with Crippen molar-refractivity contribution in [1.29, 1.82) is 0 Å². The molecule has 0 saturated heterocycles. The van der Waals surface area contributed by atoms with E-state index in [0.717, 1.165) is 23.3 Å². The van der Waals surface area contributed by atoms with Gasteiger partial charge in [-0.2, -0.15) is 0 Å². The predicted molar refractivity (Wildman–Crippen MR) is 122 cm³/mol. The fourth-order valence-corrected chi connectivity index (χ4v) is 3.13. The molecule has 0 unspecified atom stereocenters. The Morgan fingerprint density at radius 1 is 0.818 bits per heavy atom. The third kappa shape index (κ3) is 8.80. The van der Waals surface area contributed by atoms with Crippen LogP contribution in [0.4, 0.5) is 25.1 Å². The Morgan fingerprint density at radius 3 is 1.67 bits per heavy atom. The van der Waals surface area contributed by atoms with E-state index in [1.54, 1.807) is 6.07 Å². The Kier molecular flexibility index (Phi) is 7.23. The van der Waals surface area contributed by atoms with E-state index >= 15 is 0 Å². The number of carbonyl (C=O) groups is 1. The highest BCUT2D eigenvalue weighted by Gasteiger charge is 2.65. The van der Waals surface area contributed by atoms with E-state index in [-0.39, 0.29) is 36.6 Å². The maximum atomic E-state index is 12.9. The molecule has 1 N–H and O–H groups in total. The lowest BCUT2D eigenvalue weighted by Crippen LogP contribution is -2.13. The molecule has 1 amide bonds. The fraction of sp³-hybridized carbons (Fsp3) is 0.261. The third-order valence-electron chi connectivity index (χ3n) is 4.18. The van der Waals surface area contributed by atoms with E-state index in [9.17, 15) is 24.2 Å². The first-order chi connectivity index (χ1) is 15.0.